The number of aryl methyl sites for hydroxylation is 2. The van der Waals surface area contributed by atoms with Crippen LogP contribution in [0.25, 0.3) is 0 Å². The Balaban J connectivity index is 1.46. The van der Waals surface area contributed by atoms with E-state index in [1.807, 2.05) is 6.92 Å². The van der Waals surface area contributed by atoms with Gasteiger partial charge in [-0.3, -0.25) is 0 Å². The van der Waals surface area contributed by atoms with E-state index in [-0.39, 0.29) is 0 Å². The first kappa shape index (κ1) is 14.7. The average molecular weight is 306 g/mol. The highest BCUT2D eigenvalue weighted by atomic mass is 32.2. The lowest BCUT2D eigenvalue weighted by Crippen LogP contribution is -2.30. The fourth-order valence-corrected chi connectivity index (χ4v) is 3.27. The van der Waals surface area contributed by atoms with Crippen LogP contribution in [0, 0.1) is 12.8 Å². The van der Waals surface area contributed by atoms with Gasteiger partial charge in [-0.1, -0.05) is 0 Å². The van der Waals surface area contributed by atoms with Gasteiger partial charge in [-0.05, 0) is 37.7 Å². The molecule has 3 heterocycles. The van der Waals surface area contributed by atoms with Gasteiger partial charge in [-0.15, -0.1) is 10.2 Å². The minimum absolute atomic E-state index is 0.646. The molecule has 0 aromatic carbocycles. The molecule has 114 valence electrons. The molecule has 2 aromatic rings. The largest absolute Gasteiger partial charge is 0.464 e. The van der Waals surface area contributed by atoms with Crippen molar-refractivity contribution in [3.8, 4) is 0 Å². The van der Waals surface area contributed by atoms with Crippen LogP contribution in [0.2, 0.25) is 0 Å². The van der Waals surface area contributed by atoms with Crippen molar-refractivity contribution in [1.29, 1.82) is 0 Å². The van der Waals surface area contributed by atoms with Crippen LogP contribution in [0.15, 0.2) is 16.5 Å². The van der Waals surface area contributed by atoms with Crippen LogP contribution in [0.1, 0.15) is 29.6 Å². The van der Waals surface area contributed by atoms with Crippen LogP contribution in [0.5, 0.6) is 0 Å². The second-order valence-corrected chi connectivity index (χ2v) is 6.48. The maximum absolute atomic E-state index is 5.77. The lowest BCUT2D eigenvalue weighted by atomic mass is 9.99. The van der Waals surface area contributed by atoms with Crippen LogP contribution in [-0.4, -0.2) is 27.6 Å². The fourth-order valence-electron chi connectivity index (χ4n) is 2.83. The summed E-state index contributed by atoms with van der Waals surface area (Å²) in [4.78, 5) is 0. The molecule has 0 fully saturated rings. The van der Waals surface area contributed by atoms with Gasteiger partial charge in [-0.25, -0.2) is 0 Å². The van der Waals surface area contributed by atoms with E-state index in [2.05, 4.69) is 38.5 Å². The summed E-state index contributed by atoms with van der Waals surface area (Å²) < 4.78 is 8.02. The lowest BCUT2D eigenvalue weighted by Gasteiger charge is -2.24. The SMILES string of the molecule is CSCc1ccc(CNCC2CCc3nnc(C)n3C2)o1. The first-order valence-corrected chi connectivity index (χ1v) is 8.81. The molecule has 0 radical (unpaired) electrons. The van der Waals surface area contributed by atoms with Gasteiger partial charge in [0.05, 0.1) is 12.3 Å². The number of furan rings is 1. The van der Waals surface area contributed by atoms with Crippen LogP contribution >= 0.6 is 11.8 Å². The van der Waals surface area contributed by atoms with Gasteiger partial charge in [0.25, 0.3) is 0 Å². The van der Waals surface area contributed by atoms with E-state index in [9.17, 15) is 0 Å². The van der Waals surface area contributed by atoms with E-state index in [4.69, 9.17) is 4.42 Å². The molecule has 0 aliphatic carbocycles. The van der Waals surface area contributed by atoms with Gasteiger partial charge in [0.1, 0.15) is 23.2 Å². The van der Waals surface area contributed by atoms with Gasteiger partial charge in [-0.2, -0.15) is 11.8 Å². The summed E-state index contributed by atoms with van der Waals surface area (Å²) in [6.45, 7) is 4.87. The van der Waals surface area contributed by atoms with Crippen molar-refractivity contribution in [2.24, 2.45) is 5.92 Å². The van der Waals surface area contributed by atoms with Crippen LogP contribution in [0.3, 0.4) is 0 Å². The van der Waals surface area contributed by atoms with Crippen LogP contribution in [0.4, 0.5) is 0 Å². The Morgan fingerprint density at radius 1 is 1.38 bits per heavy atom. The molecular formula is C15H22N4OS. The molecule has 1 aliphatic rings. The van der Waals surface area contributed by atoms with Gasteiger partial charge in [0.15, 0.2) is 0 Å². The molecule has 3 rings (SSSR count). The Bertz CT molecular complexity index is 592. The fraction of sp³-hybridized carbons (Fsp3) is 0.600. The highest BCUT2D eigenvalue weighted by molar-refractivity contribution is 7.97. The van der Waals surface area contributed by atoms with Crippen molar-refractivity contribution in [3.63, 3.8) is 0 Å². The normalized spacial score (nSPS) is 17.9. The lowest BCUT2D eigenvalue weighted by molar-refractivity contribution is 0.337. The highest BCUT2D eigenvalue weighted by Gasteiger charge is 2.21. The number of fused-ring (bicyclic) bond motifs is 1. The number of aromatic nitrogens is 3. The molecule has 0 saturated carbocycles. The van der Waals surface area contributed by atoms with Crippen molar-refractivity contribution >= 4 is 11.8 Å². The first-order chi connectivity index (χ1) is 10.3. The smallest absolute Gasteiger partial charge is 0.133 e. The Morgan fingerprint density at radius 3 is 3.10 bits per heavy atom. The van der Waals surface area contributed by atoms with Crippen LogP contribution in [-0.2, 0) is 25.3 Å². The standard InChI is InChI=1S/C15H22N4OS/c1-11-17-18-15-6-3-12(9-19(11)15)7-16-8-13-4-5-14(20-13)10-21-2/h4-5,12,16H,3,6-10H2,1-2H3. The monoisotopic (exact) mass is 306 g/mol. The summed E-state index contributed by atoms with van der Waals surface area (Å²) in [5.41, 5.74) is 0. The maximum Gasteiger partial charge on any atom is 0.133 e. The third kappa shape index (κ3) is 3.49. The average Bonchev–Trinajstić information content (AvgIpc) is 3.07. The molecule has 6 heteroatoms. The summed E-state index contributed by atoms with van der Waals surface area (Å²) in [5, 5.41) is 11.9. The van der Waals surface area contributed by atoms with E-state index < -0.39 is 0 Å². The molecular weight excluding hydrogens is 284 g/mol. The number of hydrogen-bond donors (Lipinski definition) is 1. The van der Waals surface area contributed by atoms with E-state index in [1.54, 1.807) is 11.8 Å². The number of hydrogen-bond acceptors (Lipinski definition) is 5. The summed E-state index contributed by atoms with van der Waals surface area (Å²) >= 11 is 1.78. The second-order valence-electron chi connectivity index (χ2n) is 5.61. The predicted octanol–water partition coefficient (Wildman–Crippen LogP) is 2.39. The number of thioether (sulfide) groups is 1. The van der Waals surface area contributed by atoms with Crippen molar-refractivity contribution in [2.75, 3.05) is 12.8 Å². The third-order valence-electron chi connectivity index (χ3n) is 3.97. The predicted molar refractivity (Wildman–Crippen MR) is 84.2 cm³/mol. The molecule has 5 nitrogen and oxygen atoms in total. The number of nitrogens with one attached hydrogen (secondary N) is 1. The highest BCUT2D eigenvalue weighted by Crippen LogP contribution is 2.19. The molecule has 0 bridgehead atoms. The maximum atomic E-state index is 5.77. The minimum Gasteiger partial charge on any atom is -0.464 e. The Kier molecular flexibility index (Phi) is 4.65. The molecule has 0 saturated heterocycles. The zero-order chi connectivity index (χ0) is 14.7. The molecule has 0 spiro atoms. The van der Waals surface area contributed by atoms with Gasteiger partial charge < -0.3 is 14.3 Å². The van der Waals surface area contributed by atoms with E-state index in [0.29, 0.717) is 5.92 Å². The summed E-state index contributed by atoms with van der Waals surface area (Å²) in [7, 11) is 0. The summed E-state index contributed by atoms with van der Waals surface area (Å²) in [5.74, 6) is 5.84. The van der Waals surface area contributed by atoms with E-state index >= 15 is 0 Å². The van der Waals surface area contributed by atoms with Crippen LogP contribution < -0.4 is 5.32 Å². The van der Waals surface area contributed by atoms with Crippen molar-refractivity contribution in [2.45, 2.75) is 38.6 Å². The quantitative estimate of drug-likeness (QED) is 0.888. The van der Waals surface area contributed by atoms with Gasteiger partial charge >= 0.3 is 0 Å². The van der Waals surface area contributed by atoms with Crippen molar-refractivity contribution < 1.29 is 4.42 Å². The molecule has 0 amide bonds. The molecule has 1 unspecified atom stereocenters. The number of nitrogens with zero attached hydrogens (tertiary/aromatic N) is 3. The van der Waals surface area contributed by atoms with Crippen molar-refractivity contribution in [1.82, 2.24) is 20.1 Å². The zero-order valence-corrected chi connectivity index (χ0v) is 13.4. The molecule has 21 heavy (non-hydrogen) atoms. The third-order valence-corrected chi connectivity index (χ3v) is 4.54. The second kappa shape index (κ2) is 6.66. The summed E-state index contributed by atoms with van der Waals surface area (Å²) in [6, 6.07) is 4.14. The Morgan fingerprint density at radius 2 is 2.24 bits per heavy atom. The summed E-state index contributed by atoms with van der Waals surface area (Å²) in [6.07, 6.45) is 4.30. The number of rotatable bonds is 6. The molecule has 1 aliphatic heterocycles. The Labute approximate surface area is 129 Å². The van der Waals surface area contributed by atoms with E-state index in [1.165, 1.54) is 6.42 Å². The topological polar surface area (TPSA) is 55.9 Å². The van der Waals surface area contributed by atoms with Gasteiger partial charge in [0, 0.05) is 19.5 Å². The molecule has 2 aromatic heterocycles. The molecule has 1 N–H and O–H groups in total. The van der Waals surface area contributed by atoms with Crippen molar-refractivity contribution in [3.05, 3.63) is 35.3 Å². The minimum atomic E-state index is 0.646. The first-order valence-electron chi connectivity index (χ1n) is 7.42. The molecule has 1 atom stereocenters. The van der Waals surface area contributed by atoms with E-state index in [0.717, 1.165) is 55.0 Å². The Hall–Kier alpha value is -1.27. The van der Waals surface area contributed by atoms with Gasteiger partial charge in [0.2, 0.25) is 0 Å². The zero-order valence-electron chi connectivity index (χ0n) is 12.6.